The Morgan fingerprint density at radius 2 is 1.96 bits per heavy atom. The Morgan fingerprint density at radius 3 is 2.64 bits per heavy atom. The third-order valence-corrected chi connectivity index (χ3v) is 4.78. The Bertz CT molecular complexity index is 745. The van der Waals surface area contributed by atoms with Gasteiger partial charge in [-0.3, -0.25) is 14.5 Å². The number of carbonyl (C=O) groups is 3. The summed E-state index contributed by atoms with van der Waals surface area (Å²) in [5.41, 5.74) is 0.0414. The van der Waals surface area contributed by atoms with E-state index in [-0.39, 0.29) is 12.5 Å². The molecule has 1 heterocycles. The van der Waals surface area contributed by atoms with Crippen LogP contribution in [0.5, 0.6) is 0 Å². The van der Waals surface area contributed by atoms with E-state index in [1.807, 2.05) is 6.07 Å². The standard InChI is InChI=1S/C18H20N4O3/c19-11-13-6-5-7-14(10-13)20-15(23)12-22-16(24)18(21-17(22)25)8-3-1-2-4-9-18/h5-7,10H,1-4,8-9,12H2,(H,20,23)(H,21,25). The number of nitrogens with zero attached hydrogens (tertiary/aromatic N) is 2. The first-order chi connectivity index (χ1) is 12.0. The molecule has 7 nitrogen and oxygen atoms in total. The molecular weight excluding hydrogens is 320 g/mol. The molecule has 4 amide bonds. The minimum absolute atomic E-state index is 0.305. The number of nitriles is 1. The summed E-state index contributed by atoms with van der Waals surface area (Å²) in [6.45, 7) is -0.330. The quantitative estimate of drug-likeness (QED) is 0.823. The summed E-state index contributed by atoms with van der Waals surface area (Å²) in [7, 11) is 0. The summed E-state index contributed by atoms with van der Waals surface area (Å²) in [6, 6.07) is 7.96. The molecular formula is C18H20N4O3. The summed E-state index contributed by atoms with van der Waals surface area (Å²) in [5, 5.41) is 14.3. The fourth-order valence-electron chi connectivity index (χ4n) is 3.50. The fourth-order valence-corrected chi connectivity index (χ4v) is 3.50. The van der Waals surface area contributed by atoms with Crippen LogP contribution in [0.25, 0.3) is 0 Å². The van der Waals surface area contributed by atoms with E-state index in [1.54, 1.807) is 18.2 Å². The maximum atomic E-state index is 12.8. The van der Waals surface area contributed by atoms with Crippen LogP contribution in [0.1, 0.15) is 44.1 Å². The van der Waals surface area contributed by atoms with E-state index in [2.05, 4.69) is 10.6 Å². The summed E-state index contributed by atoms with van der Waals surface area (Å²) < 4.78 is 0. The first-order valence-electron chi connectivity index (χ1n) is 8.48. The number of hydrogen-bond donors (Lipinski definition) is 2. The van der Waals surface area contributed by atoms with Gasteiger partial charge in [-0.15, -0.1) is 0 Å². The second-order valence-corrected chi connectivity index (χ2v) is 6.56. The molecule has 1 aromatic carbocycles. The van der Waals surface area contributed by atoms with Crippen molar-refractivity contribution in [3.05, 3.63) is 29.8 Å². The molecule has 1 aromatic rings. The highest BCUT2D eigenvalue weighted by atomic mass is 16.2. The molecule has 2 fully saturated rings. The molecule has 1 aliphatic heterocycles. The van der Waals surface area contributed by atoms with Crippen LogP contribution in [0.3, 0.4) is 0 Å². The van der Waals surface area contributed by atoms with E-state index in [1.165, 1.54) is 6.07 Å². The Kier molecular flexibility index (Phi) is 4.70. The molecule has 0 unspecified atom stereocenters. The van der Waals surface area contributed by atoms with E-state index in [9.17, 15) is 14.4 Å². The Morgan fingerprint density at radius 1 is 1.24 bits per heavy atom. The Labute approximate surface area is 146 Å². The maximum Gasteiger partial charge on any atom is 0.325 e. The molecule has 1 spiro atoms. The lowest BCUT2D eigenvalue weighted by Gasteiger charge is -2.24. The van der Waals surface area contributed by atoms with Gasteiger partial charge in [0.1, 0.15) is 12.1 Å². The zero-order chi connectivity index (χ0) is 17.9. The lowest BCUT2D eigenvalue weighted by molar-refractivity contribution is -0.134. The number of carbonyl (C=O) groups excluding carboxylic acids is 3. The molecule has 1 aliphatic carbocycles. The average molecular weight is 340 g/mol. The number of rotatable bonds is 3. The second-order valence-electron chi connectivity index (χ2n) is 6.56. The van der Waals surface area contributed by atoms with Gasteiger partial charge < -0.3 is 10.6 Å². The van der Waals surface area contributed by atoms with Gasteiger partial charge in [-0.25, -0.2) is 4.79 Å². The number of nitrogens with one attached hydrogen (secondary N) is 2. The maximum absolute atomic E-state index is 12.8. The highest BCUT2D eigenvalue weighted by molar-refractivity contribution is 6.10. The molecule has 25 heavy (non-hydrogen) atoms. The van der Waals surface area contributed by atoms with E-state index < -0.39 is 17.5 Å². The Hall–Kier alpha value is -2.88. The molecule has 1 saturated carbocycles. The van der Waals surface area contributed by atoms with E-state index in [0.717, 1.165) is 30.6 Å². The van der Waals surface area contributed by atoms with Gasteiger partial charge in [0.2, 0.25) is 5.91 Å². The average Bonchev–Trinajstić information content (AvgIpc) is 2.77. The van der Waals surface area contributed by atoms with Crippen LogP contribution in [0, 0.1) is 11.3 Å². The van der Waals surface area contributed by atoms with Crippen LogP contribution in [0.2, 0.25) is 0 Å². The van der Waals surface area contributed by atoms with Crippen LogP contribution in [-0.4, -0.2) is 34.8 Å². The van der Waals surface area contributed by atoms with Gasteiger partial charge in [0.05, 0.1) is 11.6 Å². The predicted molar refractivity (Wildman–Crippen MR) is 90.5 cm³/mol. The third kappa shape index (κ3) is 3.48. The van der Waals surface area contributed by atoms with Crippen molar-refractivity contribution in [2.45, 2.75) is 44.1 Å². The first-order valence-corrected chi connectivity index (χ1v) is 8.48. The van der Waals surface area contributed by atoms with Gasteiger partial charge in [-0.05, 0) is 31.0 Å². The van der Waals surface area contributed by atoms with E-state index in [4.69, 9.17) is 5.26 Å². The molecule has 7 heteroatoms. The molecule has 2 N–H and O–H groups in total. The number of urea groups is 1. The number of benzene rings is 1. The summed E-state index contributed by atoms with van der Waals surface area (Å²) in [4.78, 5) is 38.2. The van der Waals surface area contributed by atoms with Crippen molar-refractivity contribution >= 4 is 23.5 Å². The van der Waals surface area contributed by atoms with Gasteiger partial charge in [0.15, 0.2) is 0 Å². The monoisotopic (exact) mass is 340 g/mol. The second kappa shape index (κ2) is 6.93. The van der Waals surface area contributed by atoms with Crippen LogP contribution >= 0.6 is 0 Å². The van der Waals surface area contributed by atoms with Crippen molar-refractivity contribution in [2.75, 3.05) is 11.9 Å². The van der Waals surface area contributed by atoms with Crippen molar-refractivity contribution in [3.8, 4) is 6.07 Å². The molecule has 2 aliphatic rings. The lowest BCUT2D eigenvalue weighted by Crippen LogP contribution is -2.47. The molecule has 130 valence electrons. The largest absolute Gasteiger partial charge is 0.325 e. The van der Waals surface area contributed by atoms with Gasteiger partial charge in [0, 0.05) is 5.69 Å². The number of hydrogen-bond acceptors (Lipinski definition) is 4. The van der Waals surface area contributed by atoms with E-state index in [0.29, 0.717) is 24.1 Å². The van der Waals surface area contributed by atoms with Gasteiger partial charge in [-0.2, -0.15) is 5.26 Å². The highest BCUT2D eigenvalue weighted by Gasteiger charge is 2.51. The van der Waals surface area contributed by atoms with Gasteiger partial charge in [-0.1, -0.05) is 31.7 Å². The van der Waals surface area contributed by atoms with Crippen molar-refractivity contribution in [1.29, 1.82) is 5.26 Å². The molecule has 0 aromatic heterocycles. The minimum Gasteiger partial charge on any atom is -0.324 e. The predicted octanol–water partition coefficient (Wildman–Crippen LogP) is 2.14. The van der Waals surface area contributed by atoms with Gasteiger partial charge >= 0.3 is 6.03 Å². The molecule has 0 atom stereocenters. The normalized spacial score (nSPS) is 19.2. The SMILES string of the molecule is N#Cc1cccc(NC(=O)CN2C(=O)NC3(CCCCCC3)C2=O)c1. The van der Waals surface area contributed by atoms with Gasteiger partial charge in [0.25, 0.3) is 5.91 Å². The van der Waals surface area contributed by atoms with Crippen LogP contribution in [0.4, 0.5) is 10.5 Å². The van der Waals surface area contributed by atoms with Crippen molar-refractivity contribution in [3.63, 3.8) is 0 Å². The van der Waals surface area contributed by atoms with E-state index >= 15 is 0 Å². The van der Waals surface area contributed by atoms with Crippen LogP contribution in [-0.2, 0) is 9.59 Å². The zero-order valence-corrected chi connectivity index (χ0v) is 13.9. The van der Waals surface area contributed by atoms with Crippen molar-refractivity contribution < 1.29 is 14.4 Å². The summed E-state index contributed by atoms with van der Waals surface area (Å²) in [5.74, 6) is -0.774. The number of imide groups is 1. The minimum atomic E-state index is -0.839. The highest BCUT2D eigenvalue weighted by Crippen LogP contribution is 2.32. The summed E-state index contributed by atoms with van der Waals surface area (Å²) in [6.07, 6.45) is 5.15. The third-order valence-electron chi connectivity index (χ3n) is 4.78. The van der Waals surface area contributed by atoms with Crippen LogP contribution in [0.15, 0.2) is 24.3 Å². The van der Waals surface area contributed by atoms with Crippen molar-refractivity contribution in [2.24, 2.45) is 0 Å². The molecule has 0 bridgehead atoms. The summed E-state index contributed by atoms with van der Waals surface area (Å²) >= 11 is 0. The number of anilines is 1. The smallest absolute Gasteiger partial charge is 0.324 e. The number of amides is 4. The zero-order valence-electron chi connectivity index (χ0n) is 13.9. The topological polar surface area (TPSA) is 102 Å². The van der Waals surface area contributed by atoms with Crippen molar-refractivity contribution in [1.82, 2.24) is 10.2 Å². The fraction of sp³-hybridized carbons (Fsp3) is 0.444. The molecule has 0 radical (unpaired) electrons. The molecule has 1 saturated heterocycles. The Balaban J connectivity index is 1.67. The first kappa shape index (κ1) is 17.0. The lowest BCUT2D eigenvalue weighted by atomic mass is 9.90. The molecule has 3 rings (SSSR count). The van der Waals surface area contributed by atoms with Crippen LogP contribution < -0.4 is 10.6 Å².